The largest absolute Gasteiger partial charge is 0.485 e. The lowest BCUT2D eigenvalue weighted by molar-refractivity contribution is 0.0970. The molecular weight excluding hydrogens is 474 g/mol. The molecule has 3 aliphatic rings. The van der Waals surface area contributed by atoms with Gasteiger partial charge in [-0.05, 0) is 73.7 Å². The number of aryl methyl sites for hydroxylation is 1. The highest BCUT2D eigenvalue weighted by atomic mass is 16.5. The highest BCUT2D eigenvalue weighted by Crippen LogP contribution is 2.45. The first-order valence-corrected chi connectivity index (χ1v) is 14.0. The summed E-state index contributed by atoms with van der Waals surface area (Å²) in [5, 5.41) is 10.6. The number of rotatable bonds is 6. The lowest BCUT2D eigenvalue weighted by Crippen LogP contribution is -2.40. The van der Waals surface area contributed by atoms with Gasteiger partial charge in [-0.25, -0.2) is 9.97 Å². The number of fused-ring (bicyclic) bond motifs is 2. The third-order valence-electron chi connectivity index (χ3n) is 8.94. The topological polar surface area (TPSA) is 89.4 Å². The Morgan fingerprint density at radius 1 is 1.05 bits per heavy atom. The van der Waals surface area contributed by atoms with Gasteiger partial charge < -0.3 is 20.1 Å². The Labute approximate surface area is 223 Å². The second kappa shape index (κ2) is 9.71. The first-order valence-electron chi connectivity index (χ1n) is 14.0. The molecule has 0 unspecified atom stereocenters. The fourth-order valence-corrected chi connectivity index (χ4v) is 6.80. The van der Waals surface area contributed by atoms with Crippen LogP contribution in [0.2, 0.25) is 0 Å². The minimum absolute atomic E-state index is 0.0710. The van der Waals surface area contributed by atoms with Gasteiger partial charge in [0.1, 0.15) is 29.6 Å². The first-order chi connectivity index (χ1) is 18.7. The van der Waals surface area contributed by atoms with E-state index in [1.807, 2.05) is 6.07 Å². The highest BCUT2D eigenvalue weighted by molar-refractivity contribution is 6.00. The molecule has 2 aromatic carbocycles. The lowest BCUT2D eigenvalue weighted by Gasteiger charge is -2.39. The van der Waals surface area contributed by atoms with E-state index in [0.29, 0.717) is 23.8 Å². The van der Waals surface area contributed by atoms with Gasteiger partial charge in [0, 0.05) is 30.4 Å². The minimum Gasteiger partial charge on any atom is -0.485 e. The molecule has 2 atom stereocenters. The van der Waals surface area contributed by atoms with E-state index in [4.69, 9.17) is 10.5 Å². The van der Waals surface area contributed by atoms with Gasteiger partial charge in [0.25, 0.3) is 0 Å². The molecule has 0 amide bonds. The van der Waals surface area contributed by atoms with Crippen LogP contribution in [0, 0.1) is 5.92 Å². The van der Waals surface area contributed by atoms with Gasteiger partial charge in [-0.3, -0.25) is 4.90 Å². The molecule has 1 saturated heterocycles. The van der Waals surface area contributed by atoms with Crippen molar-refractivity contribution in [2.24, 2.45) is 5.92 Å². The van der Waals surface area contributed by atoms with Gasteiger partial charge in [0.2, 0.25) is 0 Å². The zero-order chi connectivity index (χ0) is 25.6. The van der Waals surface area contributed by atoms with Gasteiger partial charge in [-0.15, -0.1) is 0 Å². The molecule has 4 aromatic rings. The van der Waals surface area contributed by atoms with E-state index in [1.54, 1.807) is 6.33 Å². The Bertz CT molecular complexity index is 1450. The summed E-state index contributed by atoms with van der Waals surface area (Å²) in [6.07, 6.45) is 10.4. The molecule has 0 spiro atoms. The average molecular weight is 510 g/mol. The van der Waals surface area contributed by atoms with Crippen LogP contribution in [0.15, 0.2) is 61.1 Å². The van der Waals surface area contributed by atoms with Crippen molar-refractivity contribution in [2.45, 2.75) is 56.7 Å². The van der Waals surface area contributed by atoms with Crippen molar-refractivity contribution in [3.63, 3.8) is 0 Å². The predicted molar refractivity (Wildman–Crippen MR) is 149 cm³/mol. The summed E-state index contributed by atoms with van der Waals surface area (Å²) in [5.41, 5.74) is 12.0. The average Bonchev–Trinajstić information content (AvgIpc) is 3.55. The first kappa shape index (κ1) is 23.7. The van der Waals surface area contributed by atoms with Crippen molar-refractivity contribution in [1.29, 1.82) is 0 Å². The van der Waals surface area contributed by atoms with Crippen molar-refractivity contribution < 1.29 is 9.84 Å². The van der Waals surface area contributed by atoms with Gasteiger partial charge >= 0.3 is 0 Å². The second-order valence-corrected chi connectivity index (χ2v) is 11.3. The molecule has 7 nitrogen and oxygen atoms in total. The van der Waals surface area contributed by atoms with Crippen LogP contribution in [0.5, 0.6) is 5.75 Å². The molecule has 0 bridgehead atoms. The second-order valence-electron chi connectivity index (χ2n) is 11.3. The number of nitrogens with two attached hydrogens (primary N) is 1. The van der Waals surface area contributed by atoms with Gasteiger partial charge in [0.15, 0.2) is 0 Å². The Morgan fingerprint density at radius 2 is 1.92 bits per heavy atom. The standard InChI is InChI=1S/C31H35N5O2/c32-30-29-26(23-9-8-22-10-11-27(38-28(22)15-23)21-5-2-1-3-6-21)17-36(31(29)34-19-33-30)25-13-20(14-25)16-35-12-4-7-24(35)18-37/h1-3,5-6,8-9,15,17,19-20,24-25,27,37H,4,7,10-14,16,18H2,(H2,32,33,34)/t20?,24-,25?,27+/m0/s1. The van der Waals surface area contributed by atoms with Gasteiger partial charge in [-0.2, -0.15) is 0 Å². The molecular formula is C31H35N5O2. The fourth-order valence-electron chi connectivity index (χ4n) is 6.80. The van der Waals surface area contributed by atoms with E-state index in [2.05, 4.69) is 68.1 Å². The molecule has 4 heterocycles. The number of anilines is 1. The molecule has 3 N–H and O–H groups in total. The Hall–Kier alpha value is -3.42. The van der Waals surface area contributed by atoms with Crippen LogP contribution in [0.4, 0.5) is 5.82 Å². The van der Waals surface area contributed by atoms with E-state index >= 15 is 0 Å². The Morgan fingerprint density at radius 3 is 2.76 bits per heavy atom. The van der Waals surface area contributed by atoms with Crippen molar-refractivity contribution in [3.8, 4) is 16.9 Å². The number of hydrogen-bond donors (Lipinski definition) is 2. The number of aliphatic hydroxyl groups excluding tert-OH is 1. The maximum Gasteiger partial charge on any atom is 0.146 e. The SMILES string of the molecule is Nc1ncnc2c1c(-c1ccc3c(c1)O[C@@H](c1ccccc1)CC3)cn2C1CC(CN2CCC[C@H]2CO)C1. The summed E-state index contributed by atoms with van der Waals surface area (Å²) in [6.45, 7) is 2.46. The van der Waals surface area contributed by atoms with E-state index in [-0.39, 0.29) is 12.7 Å². The number of aromatic nitrogens is 3. The normalized spacial score (nSPS) is 25.2. The minimum atomic E-state index is 0.0710. The van der Waals surface area contributed by atoms with Gasteiger partial charge in [0.05, 0.1) is 12.0 Å². The lowest BCUT2D eigenvalue weighted by atomic mass is 9.79. The smallest absolute Gasteiger partial charge is 0.146 e. The monoisotopic (exact) mass is 509 g/mol. The molecule has 2 aromatic heterocycles. The van der Waals surface area contributed by atoms with Crippen LogP contribution >= 0.6 is 0 Å². The molecule has 2 aliphatic heterocycles. The quantitative estimate of drug-likeness (QED) is 0.373. The van der Waals surface area contributed by atoms with Crippen LogP contribution in [0.25, 0.3) is 22.2 Å². The molecule has 196 valence electrons. The van der Waals surface area contributed by atoms with E-state index in [9.17, 15) is 5.11 Å². The number of nitrogen functional groups attached to an aromatic ring is 1. The van der Waals surface area contributed by atoms with E-state index in [0.717, 1.165) is 73.1 Å². The van der Waals surface area contributed by atoms with Crippen LogP contribution in [0.3, 0.4) is 0 Å². The van der Waals surface area contributed by atoms with Crippen molar-refractivity contribution in [3.05, 3.63) is 72.2 Å². The van der Waals surface area contributed by atoms with Crippen LogP contribution in [0.1, 0.15) is 55.4 Å². The molecule has 2 fully saturated rings. The molecule has 0 radical (unpaired) electrons. The maximum absolute atomic E-state index is 9.69. The summed E-state index contributed by atoms with van der Waals surface area (Å²) in [5.74, 6) is 2.12. The number of nitrogens with zero attached hydrogens (tertiary/aromatic N) is 4. The number of hydrogen-bond acceptors (Lipinski definition) is 6. The summed E-state index contributed by atoms with van der Waals surface area (Å²) in [6, 6.07) is 17.8. The third kappa shape index (κ3) is 4.14. The number of benzene rings is 2. The van der Waals surface area contributed by atoms with E-state index in [1.165, 1.54) is 17.5 Å². The molecule has 1 saturated carbocycles. The molecule has 7 heteroatoms. The van der Waals surface area contributed by atoms with Crippen molar-refractivity contribution in [1.82, 2.24) is 19.4 Å². The van der Waals surface area contributed by atoms with Crippen LogP contribution < -0.4 is 10.5 Å². The third-order valence-corrected chi connectivity index (χ3v) is 8.94. The number of ether oxygens (including phenoxy) is 1. The Kier molecular flexibility index (Phi) is 6.05. The van der Waals surface area contributed by atoms with Gasteiger partial charge in [-0.1, -0.05) is 42.5 Å². The van der Waals surface area contributed by atoms with Crippen molar-refractivity contribution >= 4 is 16.9 Å². The molecule has 38 heavy (non-hydrogen) atoms. The zero-order valence-corrected chi connectivity index (χ0v) is 21.7. The molecule has 1 aliphatic carbocycles. The molecule has 7 rings (SSSR count). The summed E-state index contributed by atoms with van der Waals surface area (Å²) in [7, 11) is 0. The van der Waals surface area contributed by atoms with Crippen molar-refractivity contribution in [2.75, 3.05) is 25.4 Å². The van der Waals surface area contributed by atoms with Crippen LogP contribution in [-0.4, -0.2) is 50.3 Å². The maximum atomic E-state index is 9.69. The summed E-state index contributed by atoms with van der Waals surface area (Å²) in [4.78, 5) is 11.5. The summed E-state index contributed by atoms with van der Waals surface area (Å²) >= 11 is 0. The predicted octanol–water partition coefficient (Wildman–Crippen LogP) is 5.15. The number of likely N-dealkylation sites (tertiary alicyclic amines) is 1. The zero-order valence-electron chi connectivity index (χ0n) is 21.7. The Balaban J connectivity index is 1.16. The summed E-state index contributed by atoms with van der Waals surface area (Å²) < 4.78 is 8.83. The van der Waals surface area contributed by atoms with E-state index < -0.39 is 0 Å². The highest BCUT2D eigenvalue weighted by Gasteiger charge is 2.36. The number of aliphatic hydroxyl groups is 1. The van der Waals surface area contributed by atoms with Crippen LogP contribution in [-0.2, 0) is 6.42 Å². The fraction of sp³-hybridized carbons (Fsp3) is 0.419.